The fraction of sp³-hybridized carbons (Fsp3) is 0.241. The molecule has 1 saturated heterocycles. The zero-order valence-corrected chi connectivity index (χ0v) is 21.5. The van der Waals surface area contributed by atoms with Crippen LogP contribution in [0, 0.1) is 0 Å². The van der Waals surface area contributed by atoms with E-state index in [9.17, 15) is 9.59 Å². The number of piperidine rings is 1. The number of anilines is 2. The van der Waals surface area contributed by atoms with Gasteiger partial charge in [-0.2, -0.15) is 0 Å². The number of fused-ring (bicyclic) bond motifs is 4. The molecule has 2 aromatic heterocycles. The van der Waals surface area contributed by atoms with Crippen molar-refractivity contribution in [1.29, 1.82) is 0 Å². The lowest BCUT2D eigenvalue weighted by Gasteiger charge is -2.27. The number of amides is 1. The van der Waals surface area contributed by atoms with E-state index in [1.165, 1.54) is 6.42 Å². The lowest BCUT2D eigenvalue weighted by Crippen LogP contribution is -2.30. The summed E-state index contributed by atoms with van der Waals surface area (Å²) in [6.45, 7) is 1.82. The van der Waals surface area contributed by atoms with Crippen LogP contribution in [0.25, 0.3) is 42.3 Å². The molecular weight excluding hydrogens is 492 g/mol. The number of nitrogens with zero attached hydrogens (tertiary/aromatic N) is 2. The Labute approximate surface area is 217 Å². The molecule has 36 heavy (non-hydrogen) atoms. The average Bonchev–Trinajstić information content (AvgIpc) is 3.30. The minimum Gasteiger partial charge on any atom is -0.440 e. The number of thiophene rings is 1. The highest BCUT2D eigenvalue weighted by atomic mass is 35.5. The molecule has 0 radical (unpaired) electrons. The highest BCUT2D eigenvalue weighted by Crippen LogP contribution is 2.42. The van der Waals surface area contributed by atoms with E-state index in [4.69, 9.17) is 16.0 Å². The van der Waals surface area contributed by atoms with Crippen molar-refractivity contribution < 1.29 is 9.21 Å². The fourth-order valence-corrected chi connectivity index (χ4v) is 6.48. The molecule has 0 saturated carbocycles. The van der Waals surface area contributed by atoms with Crippen LogP contribution in [0.15, 0.2) is 69.9 Å². The van der Waals surface area contributed by atoms with Crippen LogP contribution >= 0.6 is 22.9 Å². The molecule has 0 N–H and O–H groups in total. The van der Waals surface area contributed by atoms with E-state index < -0.39 is 0 Å². The summed E-state index contributed by atoms with van der Waals surface area (Å²) >= 11 is 7.48. The molecule has 182 valence electrons. The predicted octanol–water partition coefficient (Wildman–Crippen LogP) is 7.02. The van der Waals surface area contributed by atoms with E-state index >= 15 is 0 Å². The van der Waals surface area contributed by atoms with Crippen LogP contribution in [-0.2, 0) is 4.79 Å². The van der Waals surface area contributed by atoms with E-state index in [2.05, 4.69) is 23.1 Å². The van der Waals surface area contributed by atoms with Gasteiger partial charge >= 0.3 is 0 Å². The van der Waals surface area contributed by atoms with Crippen molar-refractivity contribution in [2.75, 3.05) is 35.8 Å². The van der Waals surface area contributed by atoms with Crippen molar-refractivity contribution in [3.63, 3.8) is 0 Å². The third-order valence-electron chi connectivity index (χ3n) is 7.06. The van der Waals surface area contributed by atoms with Gasteiger partial charge in [0.15, 0.2) is 11.3 Å². The summed E-state index contributed by atoms with van der Waals surface area (Å²) in [6, 6.07) is 19.7. The molecule has 0 spiro atoms. The van der Waals surface area contributed by atoms with Gasteiger partial charge < -0.3 is 14.2 Å². The van der Waals surface area contributed by atoms with Crippen LogP contribution in [0.4, 0.5) is 11.6 Å². The summed E-state index contributed by atoms with van der Waals surface area (Å²) in [6.07, 6.45) is 3.43. The second-order valence-electron chi connectivity index (χ2n) is 9.23. The summed E-state index contributed by atoms with van der Waals surface area (Å²) in [5.41, 5.74) is 3.36. The molecular formula is C29H25ClN2O3S. The molecule has 0 unspecified atom stereocenters. The molecule has 0 atom stereocenters. The first kappa shape index (κ1) is 23.1. The Morgan fingerprint density at radius 3 is 2.50 bits per heavy atom. The van der Waals surface area contributed by atoms with E-state index in [-0.39, 0.29) is 17.2 Å². The van der Waals surface area contributed by atoms with Crippen LogP contribution in [0.1, 0.15) is 19.3 Å². The number of hydrogen-bond donors (Lipinski definition) is 0. The van der Waals surface area contributed by atoms with Gasteiger partial charge in [0.05, 0.1) is 5.39 Å². The van der Waals surface area contributed by atoms with Gasteiger partial charge in [0, 0.05) is 63.2 Å². The predicted molar refractivity (Wildman–Crippen MR) is 151 cm³/mol. The molecule has 0 aliphatic carbocycles. The molecule has 5 aromatic rings. The summed E-state index contributed by atoms with van der Waals surface area (Å²) in [7, 11) is 1.74. The average molecular weight is 517 g/mol. The number of alkyl halides is 1. The molecule has 1 aliphatic rings. The van der Waals surface area contributed by atoms with Gasteiger partial charge in [0.1, 0.15) is 11.5 Å². The van der Waals surface area contributed by atoms with Gasteiger partial charge in [-0.05, 0) is 43.5 Å². The second kappa shape index (κ2) is 9.26. The Morgan fingerprint density at radius 1 is 0.972 bits per heavy atom. The van der Waals surface area contributed by atoms with Gasteiger partial charge in [-0.1, -0.05) is 30.3 Å². The van der Waals surface area contributed by atoms with Crippen LogP contribution in [0.2, 0.25) is 0 Å². The number of hydrogen-bond acceptors (Lipinski definition) is 5. The molecule has 3 aromatic carbocycles. The number of benzene rings is 3. The quantitative estimate of drug-likeness (QED) is 0.241. The topological polar surface area (TPSA) is 53.8 Å². The summed E-state index contributed by atoms with van der Waals surface area (Å²) < 4.78 is 8.70. The largest absolute Gasteiger partial charge is 0.440 e. The van der Waals surface area contributed by atoms with E-state index in [0.717, 1.165) is 62.9 Å². The van der Waals surface area contributed by atoms with Crippen molar-refractivity contribution in [1.82, 2.24) is 0 Å². The zero-order valence-electron chi connectivity index (χ0n) is 19.9. The minimum atomic E-state index is -0.147. The SMILES string of the molecule is CN(C(=O)CCl)c1ccc2sc3c(-c4cccc5c(=O)cc(N6CCCCC6)oc45)cccc3c2c1. The Kier molecular flexibility index (Phi) is 5.94. The molecule has 0 bridgehead atoms. The number of para-hydroxylation sites is 1. The lowest BCUT2D eigenvalue weighted by atomic mass is 10.0. The fourth-order valence-electron chi connectivity index (χ4n) is 5.09. The Hall–Kier alpha value is -3.35. The lowest BCUT2D eigenvalue weighted by molar-refractivity contribution is -0.116. The molecule has 1 fully saturated rings. The van der Waals surface area contributed by atoms with Gasteiger partial charge in [0.25, 0.3) is 0 Å². The molecule has 1 amide bonds. The zero-order chi connectivity index (χ0) is 24.8. The van der Waals surface area contributed by atoms with Crippen molar-refractivity contribution in [3.8, 4) is 11.1 Å². The maximum absolute atomic E-state index is 13.1. The van der Waals surface area contributed by atoms with E-state index in [0.29, 0.717) is 16.9 Å². The summed E-state index contributed by atoms with van der Waals surface area (Å²) in [4.78, 5) is 29.0. The first-order valence-corrected chi connectivity index (χ1v) is 13.5. The van der Waals surface area contributed by atoms with Crippen LogP contribution in [-0.4, -0.2) is 31.9 Å². The minimum absolute atomic E-state index is 0.0150. The molecule has 7 heteroatoms. The molecule has 1 aliphatic heterocycles. The van der Waals surface area contributed by atoms with E-state index in [1.54, 1.807) is 29.4 Å². The molecule has 6 rings (SSSR count). The van der Waals surface area contributed by atoms with Crippen molar-refractivity contribution in [2.45, 2.75) is 19.3 Å². The molecule has 3 heterocycles. The summed E-state index contributed by atoms with van der Waals surface area (Å²) in [5.74, 6) is 0.445. The highest BCUT2D eigenvalue weighted by molar-refractivity contribution is 7.26. The van der Waals surface area contributed by atoms with E-state index in [1.807, 2.05) is 36.4 Å². The van der Waals surface area contributed by atoms with Crippen LogP contribution in [0.5, 0.6) is 0 Å². The number of carbonyl (C=O) groups is 1. The smallest absolute Gasteiger partial charge is 0.241 e. The monoisotopic (exact) mass is 516 g/mol. The number of carbonyl (C=O) groups excluding carboxylic acids is 1. The normalized spacial score (nSPS) is 14.1. The van der Waals surface area contributed by atoms with Crippen molar-refractivity contribution >= 4 is 71.6 Å². The third-order valence-corrected chi connectivity index (χ3v) is 8.50. The van der Waals surface area contributed by atoms with Gasteiger partial charge in [-0.3, -0.25) is 9.59 Å². The van der Waals surface area contributed by atoms with Crippen molar-refractivity contribution in [2.24, 2.45) is 0 Å². The van der Waals surface area contributed by atoms with Crippen molar-refractivity contribution in [3.05, 3.63) is 70.9 Å². The van der Waals surface area contributed by atoms with Gasteiger partial charge in [-0.25, -0.2) is 0 Å². The maximum Gasteiger partial charge on any atom is 0.241 e. The molecule has 5 nitrogen and oxygen atoms in total. The Morgan fingerprint density at radius 2 is 1.72 bits per heavy atom. The first-order valence-electron chi connectivity index (χ1n) is 12.1. The first-order chi connectivity index (χ1) is 17.5. The standard InChI is InChI=1S/C29H25ClN2O3S/c1-31(26(34)17-30)18-11-12-25-23(15-18)21-9-6-8-20(29(21)36-25)19-7-5-10-22-24(33)16-27(35-28(19)22)32-13-3-2-4-14-32/h5-12,15-16H,2-4,13-14,17H2,1H3. The van der Waals surface area contributed by atoms with Crippen LogP contribution < -0.4 is 15.2 Å². The number of halogens is 1. The van der Waals surface area contributed by atoms with Gasteiger partial charge in [-0.15, -0.1) is 22.9 Å². The third kappa shape index (κ3) is 3.85. The second-order valence-corrected chi connectivity index (χ2v) is 10.5. The number of rotatable bonds is 4. The van der Waals surface area contributed by atoms with Crippen LogP contribution in [0.3, 0.4) is 0 Å². The van der Waals surface area contributed by atoms with Gasteiger partial charge in [0.2, 0.25) is 5.91 Å². The highest BCUT2D eigenvalue weighted by Gasteiger charge is 2.19. The summed E-state index contributed by atoms with van der Waals surface area (Å²) in [5, 5.41) is 2.78. The Bertz CT molecular complexity index is 1680. The Balaban J connectivity index is 1.54. The maximum atomic E-state index is 13.1.